The molecule has 0 aliphatic carbocycles. The Bertz CT molecular complexity index is 941. The van der Waals surface area contributed by atoms with Crippen LogP contribution >= 0.6 is 0 Å². The Balaban J connectivity index is 1.21. The Hall–Kier alpha value is -2.52. The van der Waals surface area contributed by atoms with E-state index in [1.54, 1.807) is 12.1 Å². The molecule has 3 saturated heterocycles. The summed E-state index contributed by atoms with van der Waals surface area (Å²) in [5.41, 5.74) is 1.22. The number of nitrogens with one attached hydrogen (secondary N) is 1. The van der Waals surface area contributed by atoms with Gasteiger partial charge in [0.15, 0.2) is 5.82 Å². The molecule has 4 heterocycles. The third-order valence-corrected chi connectivity index (χ3v) is 7.54. The number of hydrogen-bond acceptors (Lipinski definition) is 6. The molecule has 0 aromatic heterocycles. The maximum atomic E-state index is 15.5. The highest BCUT2D eigenvalue weighted by Gasteiger charge is 2.41. The molecule has 3 fully saturated rings. The first-order valence-electron chi connectivity index (χ1n) is 12.0. The standard InChI is InChI=1S/C24H31FN4O4/c25-22-18-15-29(20-3-4-21(30)26-23(20)31)24(32)17(18)1-2-19(22)28-9-6-16(7-10-28)5-8-27-11-13-33-14-12-27/h1-2,16,20H,3-15H2,(H,26,30,31). The van der Waals surface area contributed by atoms with Crippen molar-refractivity contribution >= 4 is 23.4 Å². The number of halogens is 1. The zero-order valence-electron chi connectivity index (χ0n) is 18.9. The molecule has 1 N–H and O–H groups in total. The van der Waals surface area contributed by atoms with Gasteiger partial charge in [-0.3, -0.25) is 24.6 Å². The highest BCUT2D eigenvalue weighted by molar-refractivity contribution is 6.05. The van der Waals surface area contributed by atoms with Gasteiger partial charge in [-0.2, -0.15) is 0 Å². The maximum Gasteiger partial charge on any atom is 0.255 e. The van der Waals surface area contributed by atoms with Crippen LogP contribution in [0.2, 0.25) is 0 Å². The van der Waals surface area contributed by atoms with E-state index in [4.69, 9.17) is 4.74 Å². The number of morpholine rings is 1. The first-order valence-corrected chi connectivity index (χ1v) is 12.0. The van der Waals surface area contributed by atoms with E-state index in [0.29, 0.717) is 22.7 Å². The molecule has 0 bridgehead atoms. The van der Waals surface area contributed by atoms with E-state index in [9.17, 15) is 14.4 Å². The van der Waals surface area contributed by atoms with Gasteiger partial charge in [-0.15, -0.1) is 0 Å². The fraction of sp³-hybridized carbons (Fsp3) is 0.625. The largest absolute Gasteiger partial charge is 0.379 e. The summed E-state index contributed by atoms with van der Waals surface area (Å²) in [7, 11) is 0. The molecule has 178 valence electrons. The fourth-order valence-corrected chi connectivity index (χ4v) is 5.49. The second-order valence-corrected chi connectivity index (χ2v) is 9.50. The minimum atomic E-state index is -0.729. The molecule has 5 rings (SSSR count). The monoisotopic (exact) mass is 458 g/mol. The Morgan fingerprint density at radius 1 is 1.03 bits per heavy atom. The second-order valence-electron chi connectivity index (χ2n) is 9.50. The number of carbonyl (C=O) groups excluding carboxylic acids is 3. The molecule has 3 amide bonds. The van der Waals surface area contributed by atoms with E-state index >= 15 is 4.39 Å². The summed E-state index contributed by atoms with van der Waals surface area (Å²) >= 11 is 0. The lowest BCUT2D eigenvalue weighted by atomic mass is 9.92. The van der Waals surface area contributed by atoms with Crippen molar-refractivity contribution in [2.24, 2.45) is 5.92 Å². The molecular weight excluding hydrogens is 427 g/mol. The summed E-state index contributed by atoms with van der Waals surface area (Å²) in [4.78, 5) is 42.5. The molecular formula is C24H31FN4O4. The molecule has 8 nitrogen and oxygen atoms in total. The van der Waals surface area contributed by atoms with Crippen molar-refractivity contribution < 1.29 is 23.5 Å². The van der Waals surface area contributed by atoms with Crippen molar-refractivity contribution in [1.82, 2.24) is 15.1 Å². The predicted molar refractivity (Wildman–Crippen MR) is 119 cm³/mol. The van der Waals surface area contributed by atoms with E-state index in [-0.39, 0.29) is 37.0 Å². The number of benzene rings is 1. The number of ether oxygens (including phenoxy) is 1. The average Bonchev–Trinajstić information content (AvgIpc) is 3.16. The number of hydrogen-bond donors (Lipinski definition) is 1. The maximum absolute atomic E-state index is 15.5. The minimum Gasteiger partial charge on any atom is -0.379 e. The number of carbonyl (C=O) groups is 3. The third-order valence-electron chi connectivity index (χ3n) is 7.54. The Labute approximate surface area is 193 Å². The second kappa shape index (κ2) is 9.38. The predicted octanol–water partition coefficient (Wildman–Crippen LogP) is 1.53. The van der Waals surface area contributed by atoms with Crippen LogP contribution in [0.4, 0.5) is 10.1 Å². The molecule has 9 heteroatoms. The smallest absolute Gasteiger partial charge is 0.255 e. The molecule has 4 aliphatic rings. The van der Waals surface area contributed by atoms with Crippen LogP contribution in [0.1, 0.15) is 48.0 Å². The molecule has 1 atom stereocenters. The number of nitrogens with zero attached hydrogens (tertiary/aromatic N) is 3. The van der Waals surface area contributed by atoms with Gasteiger partial charge in [0.25, 0.3) is 5.91 Å². The van der Waals surface area contributed by atoms with Crippen molar-refractivity contribution in [3.8, 4) is 0 Å². The minimum absolute atomic E-state index is 0.0656. The summed E-state index contributed by atoms with van der Waals surface area (Å²) in [5, 5.41) is 2.28. The molecule has 1 unspecified atom stereocenters. The number of imide groups is 1. The Morgan fingerprint density at radius 2 is 1.79 bits per heavy atom. The summed E-state index contributed by atoms with van der Waals surface area (Å²) in [6.07, 6.45) is 3.68. The van der Waals surface area contributed by atoms with E-state index < -0.39 is 11.9 Å². The van der Waals surface area contributed by atoms with Gasteiger partial charge in [0, 0.05) is 43.7 Å². The fourth-order valence-electron chi connectivity index (χ4n) is 5.49. The van der Waals surface area contributed by atoms with Gasteiger partial charge >= 0.3 is 0 Å². The van der Waals surface area contributed by atoms with E-state index in [2.05, 4.69) is 15.1 Å². The van der Waals surface area contributed by atoms with Crippen LogP contribution in [0.15, 0.2) is 12.1 Å². The first kappa shape index (κ1) is 22.3. The van der Waals surface area contributed by atoms with E-state index in [1.165, 1.54) is 4.90 Å². The summed E-state index contributed by atoms with van der Waals surface area (Å²) < 4.78 is 20.9. The van der Waals surface area contributed by atoms with E-state index in [0.717, 1.165) is 65.2 Å². The molecule has 0 saturated carbocycles. The summed E-state index contributed by atoms with van der Waals surface area (Å²) in [5.74, 6) is -0.866. The highest BCUT2D eigenvalue weighted by Crippen LogP contribution is 2.35. The number of anilines is 1. The van der Waals surface area contributed by atoms with Crippen molar-refractivity contribution in [1.29, 1.82) is 0 Å². The number of piperidine rings is 2. The summed E-state index contributed by atoms with van der Waals surface area (Å²) in [6.45, 7) is 6.42. The molecule has 1 aromatic rings. The normalized spacial score (nSPS) is 24.9. The van der Waals surface area contributed by atoms with Crippen molar-refractivity contribution in [3.63, 3.8) is 0 Å². The zero-order valence-corrected chi connectivity index (χ0v) is 18.9. The van der Waals surface area contributed by atoms with Crippen molar-refractivity contribution in [2.45, 2.75) is 44.7 Å². The highest BCUT2D eigenvalue weighted by atomic mass is 19.1. The zero-order chi connectivity index (χ0) is 22.9. The van der Waals surface area contributed by atoms with Crippen LogP contribution in [0.5, 0.6) is 0 Å². The van der Waals surface area contributed by atoms with Crippen LogP contribution in [-0.2, 0) is 20.9 Å². The molecule has 4 aliphatic heterocycles. The van der Waals surface area contributed by atoms with Gasteiger partial charge in [0.2, 0.25) is 11.8 Å². The van der Waals surface area contributed by atoms with Crippen LogP contribution in [-0.4, -0.2) is 79.5 Å². The van der Waals surface area contributed by atoms with Gasteiger partial charge < -0.3 is 14.5 Å². The quantitative estimate of drug-likeness (QED) is 0.674. The molecule has 0 radical (unpaired) electrons. The van der Waals surface area contributed by atoms with Crippen molar-refractivity contribution in [3.05, 3.63) is 29.1 Å². The van der Waals surface area contributed by atoms with Gasteiger partial charge in [-0.05, 0) is 50.3 Å². The van der Waals surface area contributed by atoms with Crippen LogP contribution in [0.25, 0.3) is 0 Å². The topological polar surface area (TPSA) is 82.2 Å². The average molecular weight is 459 g/mol. The lowest BCUT2D eigenvalue weighted by Crippen LogP contribution is -2.52. The Morgan fingerprint density at radius 3 is 2.52 bits per heavy atom. The third kappa shape index (κ3) is 4.48. The van der Waals surface area contributed by atoms with Crippen LogP contribution in [0.3, 0.4) is 0 Å². The number of rotatable bonds is 5. The lowest BCUT2D eigenvalue weighted by Gasteiger charge is -2.35. The SMILES string of the molecule is O=C1CCC(N2Cc3c(ccc(N4CCC(CCN5CCOCC5)CC4)c3F)C2=O)C(=O)N1. The van der Waals surface area contributed by atoms with Gasteiger partial charge in [0.05, 0.1) is 25.4 Å². The van der Waals surface area contributed by atoms with Crippen molar-refractivity contribution in [2.75, 3.05) is 50.8 Å². The van der Waals surface area contributed by atoms with Crippen LogP contribution < -0.4 is 10.2 Å². The summed E-state index contributed by atoms with van der Waals surface area (Å²) in [6, 6.07) is 2.66. The molecule has 0 spiro atoms. The first-order chi connectivity index (χ1) is 16.0. The van der Waals surface area contributed by atoms with Gasteiger partial charge in [-0.25, -0.2) is 4.39 Å². The van der Waals surface area contributed by atoms with Gasteiger partial charge in [-0.1, -0.05) is 0 Å². The Kier molecular flexibility index (Phi) is 6.34. The number of fused-ring (bicyclic) bond motifs is 1. The number of amides is 3. The molecule has 1 aromatic carbocycles. The van der Waals surface area contributed by atoms with Crippen LogP contribution in [0, 0.1) is 11.7 Å². The van der Waals surface area contributed by atoms with E-state index in [1.807, 2.05) is 0 Å². The molecule has 33 heavy (non-hydrogen) atoms. The lowest BCUT2D eigenvalue weighted by molar-refractivity contribution is -0.136. The van der Waals surface area contributed by atoms with Gasteiger partial charge in [0.1, 0.15) is 6.04 Å².